The second-order valence-corrected chi connectivity index (χ2v) is 7.29. The van der Waals surface area contributed by atoms with Crippen LogP contribution in [0.4, 0.5) is 13.2 Å². The summed E-state index contributed by atoms with van der Waals surface area (Å²) in [6.45, 7) is 4.56. The quantitative estimate of drug-likeness (QED) is 0.505. The maximum Gasteiger partial charge on any atom is 0.416 e. The van der Waals surface area contributed by atoms with Gasteiger partial charge in [0.25, 0.3) is 0 Å². The Balaban J connectivity index is 1.64. The van der Waals surface area contributed by atoms with E-state index in [2.05, 4.69) is 25.8 Å². The number of nitrogens with one attached hydrogen (secondary N) is 2. The van der Waals surface area contributed by atoms with Crippen LogP contribution < -0.4 is 10.6 Å². The zero-order valence-corrected chi connectivity index (χ0v) is 16.5. The van der Waals surface area contributed by atoms with Gasteiger partial charge in [-0.05, 0) is 23.8 Å². The monoisotopic (exact) mass is 404 g/mol. The van der Waals surface area contributed by atoms with E-state index in [1.165, 1.54) is 12.1 Å². The first kappa shape index (κ1) is 20.6. The largest absolute Gasteiger partial charge is 0.416 e. The average Bonchev–Trinajstić information content (AvgIpc) is 3.11. The Hall–Kier alpha value is -3.10. The molecule has 0 fully saturated rings. The summed E-state index contributed by atoms with van der Waals surface area (Å²) in [6.07, 6.45) is -2.49. The molecule has 0 aliphatic rings. The number of nitrogens with zero attached hydrogens (tertiary/aromatic N) is 4. The molecule has 0 radical (unpaired) electrons. The lowest BCUT2D eigenvalue weighted by Crippen LogP contribution is -2.43. The minimum absolute atomic E-state index is 0.397. The van der Waals surface area contributed by atoms with Gasteiger partial charge in [-0.2, -0.15) is 13.2 Å². The van der Waals surface area contributed by atoms with Gasteiger partial charge in [-0.25, -0.2) is 0 Å². The van der Waals surface area contributed by atoms with Crippen molar-refractivity contribution in [2.75, 3.05) is 13.6 Å². The van der Waals surface area contributed by atoms with Crippen LogP contribution in [0, 0.1) is 0 Å². The van der Waals surface area contributed by atoms with Gasteiger partial charge in [-0.15, -0.1) is 10.2 Å². The van der Waals surface area contributed by atoms with Crippen molar-refractivity contribution in [2.24, 2.45) is 4.99 Å². The molecule has 0 aliphatic carbocycles. The third-order valence-corrected chi connectivity index (χ3v) is 4.69. The molecule has 154 valence electrons. The van der Waals surface area contributed by atoms with Crippen molar-refractivity contribution in [3.8, 4) is 0 Å². The lowest BCUT2D eigenvalue weighted by atomic mass is 9.84. The molecule has 0 atom stereocenters. The molecule has 3 aromatic rings. The topological polar surface area (TPSA) is 66.6 Å². The fourth-order valence-corrected chi connectivity index (χ4v) is 2.92. The van der Waals surface area contributed by atoms with Gasteiger partial charge in [-0.1, -0.05) is 38.1 Å². The van der Waals surface area contributed by atoms with Gasteiger partial charge in [0.1, 0.15) is 0 Å². The van der Waals surface area contributed by atoms with E-state index in [1.807, 2.05) is 42.6 Å². The zero-order chi connectivity index (χ0) is 21.1. The number of hydrogen-bond acceptors (Lipinski definition) is 3. The molecule has 1 aromatic carbocycles. The van der Waals surface area contributed by atoms with Crippen LogP contribution in [-0.4, -0.2) is 34.2 Å². The summed E-state index contributed by atoms with van der Waals surface area (Å²) < 4.78 is 40.9. The first-order valence-corrected chi connectivity index (χ1v) is 9.11. The summed E-state index contributed by atoms with van der Waals surface area (Å²) in [4.78, 5) is 4.18. The molecular formula is C20H23F3N6. The summed E-state index contributed by atoms with van der Waals surface area (Å²) in [6, 6.07) is 11.1. The van der Waals surface area contributed by atoms with Crippen molar-refractivity contribution in [3.05, 3.63) is 65.6 Å². The molecule has 0 unspecified atom stereocenters. The first-order chi connectivity index (χ1) is 13.7. The second-order valence-electron chi connectivity index (χ2n) is 7.29. The normalized spacial score (nSPS) is 13.0. The molecule has 2 heterocycles. The Morgan fingerprint density at radius 2 is 1.79 bits per heavy atom. The van der Waals surface area contributed by atoms with E-state index in [1.54, 1.807) is 13.1 Å². The third kappa shape index (κ3) is 4.85. The summed E-state index contributed by atoms with van der Waals surface area (Å²) in [7, 11) is 1.63. The molecular weight excluding hydrogens is 381 g/mol. The highest BCUT2D eigenvalue weighted by atomic mass is 19.4. The van der Waals surface area contributed by atoms with Crippen molar-refractivity contribution < 1.29 is 13.2 Å². The fraction of sp³-hybridized carbons (Fsp3) is 0.350. The molecule has 0 bridgehead atoms. The van der Waals surface area contributed by atoms with E-state index in [9.17, 15) is 13.2 Å². The van der Waals surface area contributed by atoms with Gasteiger partial charge in [-0.3, -0.25) is 9.39 Å². The second kappa shape index (κ2) is 8.10. The molecule has 9 heteroatoms. The van der Waals surface area contributed by atoms with Crippen LogP contribution in [0.3, 0.4) is 0 Å². The predicted molar refractivity (Wildman–Crippen MR) is 106 cm³/mol. The Bertz CT molecular complexity index is 1010. The van der Waals surface area contributed by atoms with E-state index < -0.39 is 17.2 Å². The van der Waals surface area contributed by atoms with E-state index >= 15 is 0 Å². The standard InChI is InChI=1S/C20H23F3N6/c1-19(2,14-7-6-8-15(11-14)20(21,22)23)13-26-18(24-3)25-12-17-28-27-16-9-4-5-10-29(16)17/h4-11H,12-13H2,1-3H3,(H2,24,25,26). The van der Waals surface area contributed by atoms with Gasteiger partial charge in [0.2, 0.25) is 0 Å². The number of hydrogen-bond donors (Lipinski definition) is 2. The Morgan fingerprint density at radius 3 is 2.52 bits per heavy atom. The molecule has 29 heavy (non-hydrogen) atoms. The van der Waals surface area contributed by atoms with Crippen LogP contribution in [0.15, 0.2) is 53.7 Å². The number of aromatic nitrogens is 3. The first-order valence-electron chi connectivity index (χ1n) is 9.11. The van der Waals surface area contributed by atoms with Crippen molar-refractivity contribution in [1.29, 1.82) is 0 Å². The third-order valence-electron chi connectivity index (χ3n) is 4.69. The Labute approximate surface area is 166 Å². The van der Waals surface area contributed by atoms with Crippen LogP contribution in [0.5, 0.6) is 0 Å². The van der Waals surface area contributed by atoms with Crippen molar-refractivity contribution >= 4 is 11.6 Å². The Kier molecular flexibility index (Phi) is 5.76. The molecule has 0 saturated heterocycles. The lowest BCUT2D eigenvalue weighted by molar-refractivity contribution is -0.137. The number of rotatable bonds is 5. The van der Waals surface area contributed by atoms with Crippen molar-refractivity contribution in [3.63, 3.8) is 0 Å². The highest BCUT2D eigenvalue weighted by Gasteiger charge is 2.32. The van der Waals surface area contributed by atoms with Gasteiger partial charge < -0.3 is 10.6 Å². The van der Waals surface area contributed by atoms with Gasteiger partial charge in [0.05, 0.1) is 12.1 Å². The van der Waals surface area contributed by atoms with E-state index in [0.717, 1.165) is 17.5 Å². The summed E-state index contributed by atoms with van der Waals surface area (Å²) in [5.41, 5.74) is 0.154. The highest BCUT2D eigenvalue weighted by Crippen LogP contribution is 2.32. The maximum absolute atomic E-state index is 13.0. The fourth-order valence-electron chi connectivity index (χ4n) is 2.92. The molecule has 2 N–H and O–H groups in total. The number of pyridine rings is 1. The summed E-state index contributed by atoms with van der Waals surface area (Å²) >= 11 is 0. The van der Waals surface area contributed by atoms with E-state index in [4.69, 9.17) is 0 Å². The smallest absolute Gasteiger partial charge is 0.356 e. The Morgan fingerprint density at radius 1 is 1.03 bits per heavy atom. The maximum atomic E-state index is 13.0. The molecule has 3 rings (SSSR count). The minimum Gasteiger partial charge on any atom is -0.356 e. The molecule has 6 nitrogen and oxygen atoms in total. The molecule has 0 aliphatic heterocycles. The van der Waals surface area contributed by atoms with Gasteiger partial charge in [0.15, 0.2) is 17.4 Å². The number of guanidine groups is 1. The lowest BCUT2D eigenvalue weighted by Gasteiger charge is -2.27. The molecule has 0 spiro atoms. The summed E-state index contributed by atoms with van der Waals surface area (Å²) in [5.74, 6) is 1.25. The molecule has 0 saturated carbocycles. The van der Waals surface area contributed by atoms with Crippen molar-refractivity contribution in [2.45, 2.75) is 32.0 Å². The number of benzene rings is 1. The molecule has 0 amide bonds. The number of halogens is 3. The summed E-state index contributed by atoms with van der Waals surface area (Å²) in [5, 5.41) is 14.6. The highest BCUT2D eigenvalue weighted by molar-refractivity contribution is 5.79. The number of aliphatic imine (C=N–C) groups is 1. The van der Waals surface area contributed by atoms with Crippen LogP contribution in [0.2, 0.25) is 0 Å². The van der Waals surface area contributed by atoms with Gasteiger partial charge >= 0.3 is 6.18 Å². The minimum atomic E-state index is -4.36. The average molecular weight is 404 g/mol. The molecule has 2 aromatic heterocycles. The van der Waals surface area contributed by atoms with Crippen LogP contribution in [0.1, 0.15) is 30.8 Å². The van der Waals surface area contributed by atoms with Crippen LogP contribution in [0.25, 0.3) is 5.65 Å². The predicted octanol–water partition coefficient (Wildman–Crippen LogP) is 3.39. The zero-order valence-electron chi connectivity index (χ0n) is 16.5. The number of alkyl halides is 3. The van der Waals surface area contributed by atoms with Crippen molar-refractivity contribution in [1.82, 2.24) is 25.2 Å². The number of fused-ring (bicyclic) bond motifs is 1. The van der Waals surface area contributed by atoms with E-state index in [-0.39, 0.29) is 0 Å². The van der Waals surface area contributed by atoms with E-state index in [0.29, 0.717) is 24.6 Å². The SMILES string of the molecule is CN=C(NCc1nnc2ccccn12)NCC(C)(C)c1cccc(C(F)(F)F)c1. The van der Waals surface area contributed by atoms with Crippen LogP contribution >= 0.6 is 0 Å². The van der Waals surface area contributed by atoms with Gasteiger partial charge in [0, 0.05) is 25.2 Å². The van der Waals surface area contributed by atoms with Crippen LogP contribution in [-0.2, 0) is 18.1 Å².